The van der Waals surface area contributed by atoms with E-state index >= 15 is 8.78 Å². The number of pyridine rings is 1. The molecule has 204 valence electrons. The van der Waals surface area contributed by atoms with E-state index in [1.165, 1.54) is 12.1 Å². The zero-order valence-electron chi connectivity index (χ0n) is 19.5. The quantitative estimate of drug-likeness (QED) is 0.0794. The van der Waals surface area contributed by atoms with Crippen LogP contribution in [-0.2, 0) is 11.5 Å². The van der Waals surface area contributed by atoms with E-state index < -0.39 is 53.2 Å². The number of hydrogen-bond acceptors (Lipinski definition) is 5. The van der Waals surface area contributed by atoms with Crippen LogP contribution in [0.1, 0.15) is 34.1 Å². The first-order chi connectivity index (χ1) is 18.3. The van der Waals surface area contributed by atoms with E-state index in [2.05, 4.69) is 32.5 Å². The third-order valence-electron chi connectivity index (χ3n) is 5.43. The first-order valence-corrected chi connectivity index (χ1v) is 10.8. The van der Waals surface area contributed by atoms with Gasteiger partial charge in [-0.05, 0) is 42.0 Å². The van der Waals surface area contributed by atoms with Gasteiger partial charge in [-0.15, -0.1) is 5.10 Å². The van der Waals surface area contributed by atoms with Gasteiger partial charge in [-0.1, -0.05) is 29.2 Å². The molecule has 4 N–H and O–H groups in total. The molecule has 14 heteroatoms. The maximum Gasteiger partial charge on any atom is 0.418 e. The predicted octanol–water partition coefficient (Wildman–Crippen LogP) is 4.90. The third-order valence-corrected chi connectivity index (χ3v) is 5.43. The SMILES string of the molecule is N=N/N=C\NCC(O)(c1ccc(F)cc1F)C(F)(F)c1ccc(C#Cc2ccc(C(O)C(F)(F)F)cc2)cn1. The average Bonchev–Trinajstić information content (AvgIpc) is 2.89. The van der Waals surface area contributed by atoms with Crippen molar-refractivity contribution in [1.29, 1.82) is 5.53 Å². The molecule has 0 amide bonds. The fraction of sp³-hybridized carbons (Fsp3) is 0.200. The van der Waals surface area contributed by atoms with E-state index in [4.69, 9.17) is 5.53 Å². The fourth-order valence-corrected chi connectivity index (χ4v) is 3.41. The van der Waals surface area contributed by atoms with Gasteiger partial charge in [0, 0.05) is 29.0 Å². The van der Waals surface area contributed by atoms with E-state index in [-0.39, 0.29) is 16.7 Å². The lowest BCUT2D eigenvalue weighted by molar-refractivity contribution is -0.206. The Labute approximate surface area is 216 Å². The lowest BCUT2D eigenvalue weighted by Crippen LogP contribution is -2.51. The minimum Gasteiger partial charge on any atom is -0.379 e. The number of nitrogens with one attached hydrogen (secondary N) is 2. The number of alkyl halides is 5. The number of halogens is 7. The zero-order chi connectivity index (χ0) is 28.8. The normalized spacial score (nSPS) is 14.3. The molecule has 0 aliphatic rings. The summed E-state index contributed by atoms with van der Waals surface area (Å²) in [5.74, 6) is -1.57. The molecular formula is C25H18F7N5O2. The second-order valence-corrected chi connectivity index (χ2v) is 8.03. The highest BCUT2D eigenvalue weighted by atomic mass is 19.4. The van der Waals surface area contributed by atoms with Crippen LogP contribution in [0.2, 0.25) is 0 Å². The Morgan fingerprint density at radius 3 is 2.18 bits per heavy atom. The van der Waals surface area contributed by atoms with E-state index in [1.54, 1.807) is 0 Å². The largest absolute Gasteiger partial charge is 0.418 e. The molecule has 1 aromatic heterocycles. The Hall–Kier alpha value is -4.35. The second-order valence-electron chi connectivity index (χ2n) is 8.03. The van der Waals surface area contributed by atoms with E-state index in [1.807, 2.05) is 0 Å². The van der Waals surface area contributed by atoms with Gasteiger partial charge in [-0.3, -0.25) is 4.98 Å². The van der Waals surface area contributed by atoms with Crippen LogP contribution in [0.4, 0.5) is 30.7 Å². The van der Waals surface area contributed by atoms with Gasteiger partial charge in [-0.25, -0.2) is 8.78 Å². The Kier molecular flexibility index (Phi) is 8.68. The number of rotatable bonds is 8. The molecule has 0 saturated heterocycles. The molecule has 3 rings (SSSR count). The van der Waals surface area contributed by atoms with Gasteiger partial charge in [0.15, 0.2) is 11.7 Å². The van der Waals surface area contributed by atoms with Crippen molar-refractivity contribution in [1.82, 2.24) is 10.3 Å². The van der Waals surface area contributed by atoms with Crippen molar-refractivity contribution in [2.24, 2.45) is 10.3 Å². The molecule has 2 atom stereocenters. The lowest BCUT2D eigenvalue weighted by atomic mass is 9.84. The van der Waals surface area contributed by atoms with Crippen molar-refractivity contribution >= 4 is 6.34 Å². The van der Waals surface area contributed by atoms with Crippen molar-refractivity contribution in [2.75, 3.05) is 6.54 Å². The molecule has 0 radical (unpaired) electrons. The monoisotopic (exact) mass is 553 g/mol. The summed E-state index contributed by atoms with van der Waals surface area (Å²) in [6.07, 6.45) is -5.83. The summed E-state index contributed by atoms with van der Waals surface area (Å²) >= 11 is 0. The first-order valence-electron chi connectivity index (χ1n) is 10.8. The molecular weight excluding hydrogens is 535 g/mol. The third kappa shape index (κ3) is 6.57. The van der Waals surface area contributed by atoms with Crippen LogP contribution in [0, 0.1) is 29.0 Å². The molecule has 0 aliphatic heterocycles. The Morgan fingerprint density at radius 2 is 1.62 bits per heavy atom. The number of aliphatic hydroxyl groups excluding tert-OH is 1. The van der Waals surface area contributed by atoms with E-state index in [0.29, 0.717) is 18.2 Å². The summed E-state index contributed by atoms with van der Waals surface area (Å²) < 4.78 is 96.9. The summed E-state index contributed by atoms with van der Waals surface area (Å²) in [5.41, 5.74) is 1.33. The molecule has 0 aliphatic carbocycles. The van der Waals surface area contributed by atoms with Crippen LogP contribution >= 0.6 is 0 Å². The van der Waals surface area contributed by atoms with Gasteiger partial charge in [0.1, 0.15) is 23.7 Å². The number of benzene rings is 2. The molecule has 39 heavy (non-hydrogen) atoms. The smallest absolute Gasteiger partial charge is 0.379 e. The molecule has 0 saturated carbocycles. The van der Waals surface area contributed by atoms with Gasteiger partial charge >= 0.3 is 12.1 Å². The first kappa shape index (κ1) is 29.2. The molecule has 2 unspecified atom stereocenters. The van der Waals surface area contributed by atoms with Crippen LogP contribution < -0.4 is 5.32 Å². The van der Waals surface area contributed by atoms with Crippen LogP contribution in [0.5, 0.6) is 0 Å². The predicted molar refractivity (Wildman–Crippen MR) is 123 cm³/mol. The summed E-state index contributed by atoms with van der Waals surface area (Å²) in [4.78, 5) is 3.63. The number of aliphatic hydroxyl groups is 2. The zero-order valence-corrected chi connectivity index (χ0v) is 19.5. The maximum atomic E-state index is 15.6. The van der Waals surface area contributed by atoms with E-state index in [9.17, 15) is 32.2 Å². The molecule has 0 fully saturated rings. The lowest BCUT2D eigenvalue weighted by Gasteiger charge is -2.36. The van der Waals surface area contributed by atoms with Gasteiger partial charge in [0.25, 0.3) is 0 Å². The minimum atomic E-state index is -4.83. The fourth-order valence-electron chi connectivity index (χ4n) is 3.41. The van der Waals surface area contributed by atoms with Crippen molar-refractivity contribution in [3.63, 3.8) is 0 Å². The number of aromatic nitrogens is 1. The topological polar surface area (TPSA) is 114 Å². The maximum absolute atomic E-state index is 15.6. The van der Waals surface area contributed by atoms with Crippen molar-refractivity contribution in [3.05, 3.63) is 100 Å². The number of nitrogens with zero attached hydrogens (tertiary/aromatic N) is 3. The van der Waals surface area contributed by atoms with Crippen LogP contribution in [0.3, 0.4) is 0 Å². The highest BCUT2D eigenvalue weighted by molar-refractivity contribution is 5.54. The molecule has 1 heterocycles. The second kappa shape index (κ2) is 11.6. The Bertz CT molecular complexity index is 1400. The van der Waals surface area contributed by atoms with Crippen LogP contribution in [0.25, 0.3) is 0 Å². The van der Waals surface area contributed by atoms with Crippen molar-refractivity contribution in [3.8, 4) is 11.8 Å². The molecule has 0 bridgehead atoms. The summed E-state index contributed by atoms with van der Waals surface area (Å²) in [6, 6.07) is 8.16. The summed E-state index contributed by atoms with van der Waals surface area (Å²) in [7, 11) is 0. The van der Waals surface area contributed by atoms with Crippen LogP contribution in [-0.4, -0.2) is 34.3 Å². The van der Waals surface area contributed by atoms with Gasteiger partial charge < -0.3 is 15.5 Å². The highest BCUT2D eigenvalue weighted by Gasteiger charge is 2.57. The average molecular weight is 553 g/mol. The van der Waals surface area contributed by atoms with Crippen molar-refractivity contribution < 1.29 is 40.9 Å². The van der Waals surface area contributed by atoms with E-state index in [0.717, 1.165) is 36.8 Å². The number of hydrogen-bond donors (Lipinski definition) is 4. The Balaban J connectivity index is 1.89. The molecule has 0 spiro atoms. The van der Waals surface area contributed by atoms with Gasteiger partial charge in [-0.2, -0.15) is 27.5 Å². The molecule has 7 nitrogen and oxygen atoms in total. The van der Waals surface area contributed by atoms with Gasteiger partial charge in [0.2, 0.25) is 0 Å². The van der Waals surface area contributed by atoms with Crippen LogP contribution in [0.15, 0.2) is 71.1 Å². The summed E-state index contributed by atoms with van der Waals surface area (Å²) in [5, 5.41) is 28.2. The standard InChI is InChI=1S/C25H18F7N5O2/c26-18-8-9-19(20(27)11-18)23(39,13-34-14-36-37-33)24(28,29)21-10-5-16(12-35-21)2-1-15-3-6-17(7-4-15)22(38)25(30,31)32/h3-12,14,22,38-39H,13H2,(H2,33,34,36). The molecule has 3 aromatic rings. The summed E-state index contributed by atoms with van der Waals surface area (Å²) in [6.45, 7) is -1.04. The van der Waals surface area contributed by atoms with Crippen molar-refractivity contribution in [2.45, 2.75) is 23.8 Å². The van der Waals surface area contributed by atoms with Gasteiger partial charge in [0.05, 0.1) is 6.54 Å². The minimum absolute atomic E-state index is 0.118. The Morgan fingerprint density at radius 1 is 0.974 bits per heavy atom. The highest BCUT2D eigenvalue weighted by Crippen LogP contribution is 2.45. The molecule has 2 aromatic carbocycles.